The molecule has 2 aromatic heterocycles. The largest absolute Gasteiger partial charge is 0.393 e. The molecule has 1 saturated heterocycles. The van der Waals surface area contributed by atoms with Gasteiger partial charge < -0.3 is 14.5 Å². The van der Waals surface area contributed by atoms with Crippen LogP contribution in [0.5, 0.6) is 0 Å². The molecule has 1 aliphatic heterocycles. The number of halogens is 1. The molecule has 1 aliphatic rings. The second-order valence-corrected chi connectivity index (χ2v) is 7.27. The van der Waals surface area contributed by atoms with E-state index in [2.05, 4.69) is 5.16 Å². The number of rotatable bonds is 4. The lowest BCUT2D eigenvalue weighted by Gasteiger charge is -2.24. The molecule has 0 bridgehead atoms. The van der Waals surface area contributed by atoms with E-state index in [4.69, 9.17) is 16.1 Å². The van der Waals surface area contributed by atoms with Crippen LogP contribution in [0.2, 0.25) is 4.34 Å². The lowest BCUT2D eigenvalue weighted by molar-refractivity contribution is 0.0672. The number of hydrogen-bond acceptors (Lipinski definition) is 5. The fourth-order valence-electron chi connectivity index (χ4n) is 2.83. The molecule has 3 heterocycles. The summed E-state index contributed by atoms with van der Waals surface area (Å²) in [5.41, 5.74) is 0.303. The Morgan fingerprint density at radius 2 is 2.45 bits per heavy atom. The monoisotopic (exact) mass is 340 g/mol. The summed E-state index contributed by atoms with van der Waals surface area (Å²) in [7, 11) is 0. The fraction of sp³-hybridized carbons (Fsp3) is 0.467. The Morgan fingerprint density at radius 1 is 1.64 bits per heavy atom. The zero-order valence-corrected chi connectivity index (χ0v) is 13.7. The SMILES string of the molecule is CC(O)CC1CCCN1C(=O)c1cc(-c2ccc(Cl)s2)on1. The zero-order valence-electron chi connectivity index (χ0n) is 12.2. The maximum atomic E-state index is 12.6. The first-order valence-corrected chi connectivity index (χ1v) is 8.45. The van der Waals surface area contributed by atoms with Crippen LogP contribution in [0.4, 0.5) is 0 Å². The van der Waals surface area contributed by atoms with E-state index in [1.165, 1.54) is 11.3 Å². The molecule has 1 fully saturated rings. The third kappa shape index (κ3) is 3.19. The van der Waals surface area contributed by atoms with E-state index in [9.17, 15) is 9.90 Å². The Hall–Kier alpha value is -1.37. The molecule has 118 valence electrons. The van der Waals surface area contributed by atoms with Gasteiger partial charge in [-0.3, -0.25) is 4.79 Å². The summed E-state index contributed by atoms with van der Waals surface area (Å²) in [6.07, 6.45) is 2.05. The van der Waals surface area contributed by atoms with Gasteiger partial charge in [-0.2, -0.15) is 0 Å². The molecule has 2 aromatic rings. The Bertz CT molecular complexity index is 667. The molecule has 22 heavy (non-hydrogen) atoms. The van der Waals surface area contributed by atoms with Gasteiger partial charge in [0.25, 0.3) is 5.91 Å². The summed E-state index contributed by atoms with van der Waals surface area (Å²) in [6, 6.07) is 5.35. The van der Waals surface area contributed by atoms with E-state index in [1.807, 2.05) is 6.07 Å². The number of aromatic nitrogens is 1. The lowest BCUT2D eigenvalue weighted by atomic mass is 10.1. The summed E-state index contributed by atoms with van der Waals surface area (Å²) < 4.78 is 5.93. The molecule has 0 saturated carbocycles. The predicted molar refractivity (Wildman–Crippen MR) is 85.2 cm³/mol. The van der Waals surface area contributed by atoms with Crippen LogP contribution in [-0.2, 0) is 0 Å². The Morgan fingerprint density at radius 3 is 3.14 bits per heavy atom. The molecule has 0 spiro atoms. The van der Waals surface area contributed by atoms with Crippen LogP contribution in [0.1, 0.15) is 36.7 Å². The van der Waals surface area contributed by atoms with Crippen molar-refractivity contribution in [3.05, 3.63) is 28.2 Å². The Labute approximate surface area is 137 Å². The highest BCUT2D eigenvalue weighted by Gasteiger charge is 2.31. The number of aliphatic hydroxyl groups is 1. The number of hydrogen-bond donors (Lipinski definition) is 1. The first kappa shape index (κ1) is 15.5. The third-order valence-corrected chi connectivity index (χ3v) is 5.04. The Balaban J connectivity index is 1.76. The highest BCUT2D eigenvalue weighted by Crippen LogP contribution is 2.32. The van der Waals surface area contributed by atoms with Crippen LogP contribution >= 0.6 is 22.9 Å². The molecule has 1 N–H and O–H groups in total. The molecule has 0 aromatic carbocycles. The van der Waals surface area contributed by atoms with Crippen molar-refractivity contribution >= 4 is 28.8 Å². The molecule has 7 heteroatoms. The van der Waals surface area contributed by atoms with E-state index in [-0.39, 0.29) is 11.9 Å². The van der Waals surface area contributed by atoms with Gasteiger partial charge in [0.15, 0.2) is 11.5 Å². The first-order valence-electron chi connectivity index (χ1n) is 7.26. The lowest BCUT2D eigenvalue weighted by Crippen LogP contribution is -2.37. The fourth-order valence-corrected chi connectivity index (χ4v) is 3.82. The number of aliphatic hydroxyl groups excluding tert-OH is 1. The second kappa shape index (κ2) is 6.40. The number of nitrogens with zero attached hydrogens (tertiary/aromatic N) is 2. The third-order valence-electron chi connectivity index (χ3n) is 3.80. The summed E-state index contributed by atoms with van der Waals surface area (Å²) in [5.74, 6) is 0.410. The van der Waals surface area contributed by atoms with Gasteiger partial charge in [0.05, 0.1) is 15.3 Å². The van der Waals surface area contributed by atoms with Crippen molar-refractivity contribution in [2.45, 2.75) is 38.3 Å². The van der Waals surface area contributed by atoms with Crippen molar-refractivity contribution in [2.24, 2.45) is 0 Å². The van der Waals surface area contributed by atoms with Crippen molar-refractivity contribution < 1.29 is 14.4 Å². The minimum atomic E-state index is -0.417. The molecular formula is C15H17ClN2O3S. The maximum absolute atomic E-state index is 12.6. The number of carbonyl (C=O) groups excluding carboxylic acids is 1. The molecule has 0 aliphatic carbocycles. The van der Waals surface area contributed by atoms with Crippen LogP contribution in [0, 0.1) is 0 Å². The molecule has 5 nitrogen and oxygen atoms in total. The molecule has 3 rings (SSSR count). The van der Waals surface area contributed by atoms with Crippen LogP contribution in [0.15, 0.2) is 22.7 Å². The van der Waals surface area contributed by atoms with Crippen molar-refractivity contribution in [3.63, 3.8) is 0 Å². The van der Waals surface area contributed by atoms with Gasteiger partial charge in [-0.25, -0.2) is 0 Å². The minimum absolute atomic E-state index is 0.0730. The molecule has 2 unspecified atom stereocenters. The van der Waals surface area contributed by atoms with Crippen molar-refractivity contribution in [1.29, 1.82) is 0 Å². The smallest absolute Gasteiger partial charge is 0.276 e. The topological polar surface area (TPSA) is 66.6 Å². The predicted octanol–water partition coefficient (Wildman–Crippen LogP) is 3.43. The van der Waals surface area contributed by atoms with Crippen molar-refractivity contribution in [2.75, 3.05) is 6.54 Å². The van der Waals surface area contributed by atoms with E-state index >= 15 is 0 Å². The number of likely N-dealkylation sites (tertiary alicyclic amines) is 1. The summed E-state index contributed by atoms with van der Waals surface area (Å²) >= 11 is 7.29. The quantitative estimate of drug-likeness (QED) is 0.926. The number of carbonyl (C=O) groups is 1. The average molecular weight is 341 g/mol. The van der Waals surface area contributed by atoms with Crippen LogP contribution in [0.25, 0.3) is 10.6 Å². The van der Waals surface area contributed by atoms with Gasteiger partial charge in [0.2, 0.25) is 0 Å². The van der Waals surface area contributed by atoms with E-state index in [1.54, 1.807) is 24.0 Å². The Kier molecular flexibility index (Phi) is 4.52. The van der Waals surface area contributed by atoms with Crippen LogP contribution in [0.3, 0.4) is 0 Å². The van der Waals surface area contributed by atoms with Gasteiger partial charge in [0, 0.05) is 18.7 Å². The summed E-state index contributed by atoms with van der Waals surface area (Å²) in [6.45, 7) is 2.44. The molecule has 2 atom stereocenters. The van der Waals surface area contributed by atoms with Crippen molar-refractivity contribution in [3.8, 4) is 10.6 Å². The highest BCUT2D eigenvalue weighted by atomic mass is 35.5. The second-order valence-electron chi connectivity index (χ2n) is 5.56. The van der Waals surface area contributed by atoms with E-state index in [0.29, 0.717) is 28.8 Å². The average Bonchev–Trinajstić information content (AvgIpc) is 3.16. The van der Waals surface area contributed by atoms with Gasteiger partial charge in [-0.15, -0.1) is 11.3 Å². The molecule has 1 amide bonds. The maximum Gasteiger partial charge on any atom is 0.276 e. The standard InChI is InChI=1S/C15H17ClN2O3S/c1-9(19)7-10-3-2-6-18(10)15(20)11-8-12(21-17-11)13-4-5-14(16)22-13/h4-5,8-10,19H,2-3,6-7H2,1H3. The van der Waals surface area contributed by atoms with Gasteiger partial charge in [-0.05, 0) is 38.3 Å². The molecular weight excluding hydrogens is 324 g/mol. The van der Waals surface area contributed by atoms with Crippen LogP contribution < -0.4 is 0 Å². The van der Waals surface area contributed by atoms with E-state index < -0.39 is 6.10 Å². The van der Waals surface area contributed by atoms with Gasteiger partial charge >= 0.3 is 0 Å². The summed E-state index contributed by atoms with van der Waals surface area (Å²) in [4.78, 5) is 15.2. The molecule has 0 radical (unpaired) electrons. The number of thiophene rings is 1. The van der Waals surface area contributed by atoms with Gasteiger partial charge in [-0.1, -0.05) is 16.8 Å². The van der Waals surface area contributed by atoms with Crippen LogP contribution in [-0.4, -0.2) is 39.8 Å². The highest BCUT2D eigenvalue weighted by molar-refractivity contribution is 7.19. The normalized spacial score (nSPS) is 19.6. The van der Waals surface area contributed by atoms with Crippen molar-refractivity contribution in [1.82, 2.24) is 10.1 Å². The van der Waals surface area contributed by atoms with E-state index in [0.717, 1.165) is 17.7 Å². The number of amides is 1. The zero-order chi connectivity index (χ0) is 15.7. The first-order chi connectivity index (χ1) is 10.5. The minimum Gasteiger partial charge on any atom is -0.393 e. The van der Waals surface area contributed by atoms with Gasteiger partial charge in [0.1, 0.15) is 0 Å². The summed E-state index contributed by atoms with van der Waals surface area (Å²) in [5, 5.41) is 13.4.